The van der Waals surface area contributed by atoms with E-state index in [2.05, 4.69) is 43.3 Å². The van der Waals surface area contributed by atoms with Crippen molar-refractivity contribution in [3.63, 3.8) is 0 Å². The Morgan fingerprint density at radius 1 is 0.974 bits per heavy atom. The van der Waals surface area contributed by atoms with Gasteiger partial charge in [-0.25, -0.2) is 4.98 Å². The number of hydrogen-bond donors (Lipinski definition) is 1. The lowest BCUT2D eigenvalue weighted by Gasteiger charge is -2.29. The number of carbonyl (C=O) groups excluding carboxylic acids is 2. The summed E-state index contributed by atoms with van der Waals surface area (Å²) in [6, 6.07) is 12.1. The van der Waals surface area contributed by atoms with E-state index in [0.717, 1.165) is 37.3 Å². The van der Waals surface area contributed by atoms with Crippen molar-refractivity contribution < 1.29 is 9.59 Å². The van der Waals surface area contributed by atoms with Crippen LogP contribution in [0.1, 0.15) is 69.4 Å². The molecular formula is C29H25N7O2. The van der Waals surface area contributed by atoms with Gasteiger partial charge in [-0.3, -0.25) is 14.0 Å². The number of fused-ring (bicyclic) bond motifs is 1. The molecule has 1 N–H and O–H groups in total. The summed E-state index contributed by atoms with van der Waals surface area (Å²) in [5.74, 6) is 6.74. The summed E-state index contributed by atoms with van der Waals surface area (Å²) in [6.45, 7) is 5.46. The summed E-state index contributed by atoms with van der Waals surface area (Å²) in [6.07, 6.45) is 6.86. The topological polar surface area (TPSA) is 116 Å². The molecule has 0 spiro atoms. The molecule has 1 amide bonds. The van der Waals surface area contributed by atoms with Gasteiger partial charge in [0.05, 0.1) is 23.5 Å². The molecule has 4 aromatic rings. The van der Waals surface area contributed by atoms with Crippen LogP contribution < -0.4 is 10.2 Å². The van der Waals surface area contributed by atoms with Crippen molar-refractivity contribution in [2.75, 3.05) is 23.3 Å². The highest BCUT2D eigenvalue weighted by atomic mass is 16.1. The molecule has 0 unspecified atom stereocenters. The molecule has 3 aromatic heterocycles. The molecule has 0 atom stereocenters. The molecule has 5 rings (SSSR count). The molecule has 1 saturated heterocycles. The lowest BCUT2D eigenvalue weighted by molar-refractivity contribution is 0.101. The minimum absolute atomic E-state index is 0.0802. The van der Waals surface area contributed by atoms with E-state index in [-0.39, 0.29) is 11.7 Å². The van der Waals surface area contributed by atoms with Crippen LogP contribution in [-0.2, 0) is 0 Å². The lowest BCUT2D eigenvalue weighted by atomic mass is 10.1. The smallest absolute Gasteiger partial charge is 0.255 e. The van der Waals surface area contributed by atoms with Gasteiger partial charge >= 0.3 is 0 Å². The van der Waals surface area contributed by atoms with Crippen molar-refractivity contribution in [2.45, 2.75) is 33.1 Å². The standard InChI is InChI=1S/C29H25N7O2/c1-19-12-25(17-31-28(19)35-10-4-3-5-11-35)32-29(38)24-14-21(13-22(15-24)16-30)6-8-26-33-34-27-9-7-23(20(2)37)18-36(26)27/h7,9,12-15,17-18H,3-5,10-11H2,1-2H3,(H,32,38). The van der Waals surface area contributed by atoms with Gasteiger partial charge in [-0.05, 0) is 81.0 Å². The lowest BCUT2D eigenvalue weighted by Crippen LogP contribution is -2.30. The number of aromatic nitrogens is 4. The van der Waals surface area contributed by atoms with Crippen LogP contribution in [0, 0.1) is 30.1 Å². The van der Waals surface area contributed by atoms with E-state index >= 15 is 0 Å². The van der Waals surface area contributed by atoms with Gasteiger partial charge in [-0.1, -0.05) is 5.92 Å². The van der Waals surface area contributed by atoms with Gasteiger partial charge in [0.15, 0.2) is 11.4 Å². The van der Waals surface area contributed by atoms with Crippen molar-refractivity contribution in [3.05, 3.63) is 82.4 Å². The van der Waals surface area contributed by atoms with Crippen molar-refractivity contribution in [2.24, 2.45) is 0 Å². The Kier molecular flexibility index (Phi) is 6.84. The Bertz CT molecular complexity index is 1660. The molecule has 0 bridgehead atoms. The predicted molar refractivity (Wildman–Crippen MR) is 143 cm³/mol. The third-order valence-corrected chi connectivity index (χ3v) is 6.42. The number of Topliss-reactive ketones (excluding diaryl/α,β-unsaturated/α-hetero) is 1. The number of nitrogens with zero attached hydrogens (tertiary/aromatic N) is 6. The number of benzene rings is 1. The zero-order chi connectivity index (χ0) is 26.6. The molecule has 1 fully saturated rings. The Balaban J connectivity index is 1.39. The van der Waals surface area contributed by atoms with E-state index in [0.29, 0.717) is 39.4 Å². The number of aryl methyl sites for hydroxylation is 1. The second-order valence-corrected chi connectivity index (χ2v) is 9.25. The molecule has 38 heavy (non-hydrogen) atoms. The van der Waals surface area contributed by atoms with E-state index in [9.17, 15) is 14.9 Å². The minimum Gasteiger partial charge on any atom is -0.356 e. The number of anilines is 2. The highest BCUT2D eigenvalue weighted by Crippen LogP contribution is 2.24. The summed E-state index contributed by atoms with van der Waals surface area (Å²) < 4.78 is 1.63. The molecule has 9 heteroatoms. The minimum atomic E-state index is -0.365. The average Bonchev–Trinajstić information content (AvgIpc) is 3.34. The van der Waals surface area contributed by atoms with Crippen LogP contribution in [0.5, 0.6) is 0 Å². The zero-order valence-electron chi connectivity index (χ0n) is 21.2. The number of carbonyl (C=O) groups is 2. The third-order valence-electron chi connectivity index (χ3n) is 6.42. The van der Waals surface area contributed by atoms with Gasteiger partial charge in [0.2, 0.25) is 5.82 Å². The molecule has 1 aliphatic heterocycles. The Morgan fingerprint density at radius 2 is 1.76 bits per heavy atom. The monoisotopic (exact) mass is 503 g/mol. The van der Waals surface area contributed by atoms with Gasteiger partial charge in [0.1, 0.15) is 5.82 Å². The Morgan fingerprint density at radius 3 is 2.50 bits per heavy atom. The van der Waals surface area contributed by atoms with Crippen LogP contribution in [0.25, 0.3) is 5.65 Å². The molecular weight excluding hydrogens is 478 g/mol. The van der Waals surface area contributed by atoms with Gasteiger partial charge in [-0.2, -0.15) is 5.26 Å². The predicted octanol–water partition coefficient (Wildman–Crippen LogP) is 4.15. The van der Waals surface area contributed by atoms with Crippen LogP contribution in [0.15, 0.2) is 48.8 Å². The molecule has 0 radical (unpaired) electrons. The van der Waals surface area contributed by atoms with Crippen molar-refractivity contribution in [1.82, 2.24) is 19.6 Å². The number of nitrogens with one attached hydrogen (secondary N) is 1. The maximum Gasteiger partial charge on any atom is 0.255 e. The number of hydrogen-bond acceptors (Lipinski definition) is 7. The highest BCUT2D eigenvalue weighted by molar-refractivity contribution is 6.04. The van der Waals surface area contributed by atoms with Gasteiger partial charge in [0.25, 0.3) is 5.91 Å². The van der Waals surface area contributed by atoms with Gasteiger partial charge < -0.3 is 10.2 Å². The van der Waals surface area contributed by atoms with Crippen molar-refractivity contribution >= 4 is 28.8 Å². The van der Waals surface area contributed by atoms with Crippen LogP contribution in [-0.4, -0.2) is 44.4 Å². The molecule has 0 aliphatic carbocycles. The SMILES string of the molecule is CC(=O)c1ccc2nnc(C#Cc3cc(C#N)cc(C(=O)Nc4cnc(N5CCCCC5)c(C)c4)c3)n2c1. The number of amides is 1. The first-order chi connectivity index (χ1) is 18.4. The van der Waals surface area contributed by atoms with Crippen LogP contribution in [0.3, 0.4) is 0 Å². The number of ketones is 1. The first-order valence-electron chi connectivity index (χ1n) is 12.4. The van der Waals surface area contributed by atoms with Gasteiger partial charge in [0, 0.05) is 36.0 Å². The first-order valence-corrected chi connectivity index (χ1v) is 12.4. The molecule has 4 heterocycles. The molecule has 1 aliphatic rings. The van der Waals surface area contributed by atoms with E-state index in [4.69, 9.17) is 0 Å². The number of rotatable bonds is 4. The van der Waals surface area contributed by atoms with Gasteiger partial charge in [-0.15, -0.1) is 10.2 Å². The second kappa shape index (κ2) is 10.5. The summed E-state index contributed by atoms with van der Waals surface area (Å²) in [7, 11) is 0. The van der Waals surface area contributed by atoms with E-state index in [1.54, 1.807) is 41.1 Å². The largest absolute Gasteiger partial charge is 0.356 e. The maximum absolute atomic E-state index is 13.1. The molecule has 188 valence electrons. The zero-order valence-corrected chi connectivity index (χ0v) is 21.2. The van der Waals surface area contributed by atoms with Crippen molar-refractivity contribution in [3.8, 4) is 17.9 Å². The highest BCUT2D eigenvalue weighted by Gasteiger charge is 2.16. The second-order valence-electron chi connectivity index (χ2n) is 9.25. The van der Waals surface area contributed by atoms with E-state index < -0.39 is 0 Å². The first kappa shape index (κ1) is 24.7. The fraction of sp³-hybridized carbons (Fsp3) is 0.241. The number of nitriles is 1. The fourth-order valence-electron chi connectivity index (χ4n) is 4.48. The number of pyridine rings is 2. The quantitative estimate of drug-likeness (QED) is 0.328. The normalized spacial score (nSPS) is 12.9. The Labute approximate surface area is 220 Å². The third kappa shape index (κ3) is 5.23. The van der Waals surface area contributed by atoms with E-state index in [1.165, 1.54) is 19.4 Å². The van der Waals surface area contributed by atoms with Crippen LogP contribution in [0.2, 0.25) is 0 Å². The summed E-state index contributed by atoms with van der Waals surface area (Å²) in [4.78, 5) is 31.7. The van der Waals surface area contributed by atoms with Crippen molar-refractivity contribution in [1.29, 1.82) is 5.26 Å². The summed E-state index contributed by atoms with van der Waals surface area (Å²) >= 11 is 0. The molecule has 1 aromatic carbocycles. The number of piperidine rings is 1. The van der Waals surface area contributed by atoms with Crippen LogP contribution in [0.4, 0.5) is 11.5 Å². The molecule has 0 saturated carbocycles. The average molecular weight is 504 g/mol. The Hall–Kier alpha value is -5.02. The summed E-state index contributed by atoms with van der Waals surface area (Å²) in [5.41, 5.74) is 3.73. The summed E-state index contributed by atoms with van der Waals surface area (Å²) in [5, 5.41) is 20.6. The van der Waals surface area contributed by atoms with Crippen LogP contribution >= 0.6 is 0 Å². The fourth-order valence-corrected chi connectivity index (χ4v) is 4.48. The van der Waals surface area contributed by atoms with E-state index in [1.807, 2.05) is 13.0 Å². The molecule has 9 nitrogen and oxygen atoms in total. The maximum atomic E-state index is 13.1.